The lowest BCUT2D eigenvalue weighted by Crippen LogP contribution is -2.45. The number of rotatable bonds is 3. The van der Waals surface area contributed by atoms with Crippen LogP contribution in [0, 0.1) is 18.3 Å². The van der Waals surface area contributed by atoms with Gasteiger partial charge in [0.15, 0.2) is 0 Å². The first-order valence-electron chi connectivity index (χ1n) is 6.19. The Balaban J connectivity index is 0.00000162. The summed E-state index contributed by atoms with van der Waals surface area (Å²) in [6.45, 7) is 6.19. The molecule has 1 saturated heterocycles. The van der Waals surface area contributed by atoms with E-state index in [1.165, 1.54) is 11.1 Å². The van der Waals surface area contributed by atoms with Crippen molar-refractivity contribution < 1.29 is 0 Å². The van der Waals surface area contributed by atoms with Crippen LogP contribution in [0.5, 0.6) is 0 Å². The van der Waals surface area contributed by atoms with Crippen molar-refractivity contribution in [2.45, 2.75) is 19.4 Å². The Labute approximate surface area is 127 Å². The summed E-state index contributed by atoms with van der Waals surface area (Å²) in [6, 6.07) is 11.1. The molecule has 0 saturated carbocycles. The molecule has 1 aliphatic heterocycles. The maximum absolute atomic E-state index is 8.99. The molecule has 2 rings (SSSR count). The van der Waals surface area contributed by atoms with Crippen LogP contribution in [-0.2, 0) is 0 Å². The number of benzene rings is 1. The Bertz CT molecular complexity index is 394. The van der Waals surface area contributed by atoms with Gasteiger partial charge in [0.05, 0.1) is 12.5 Å². The zero-order valence-electron chi connectivity index (χ0n) is 11.1. The molecule has 0 radical (unpaired) electrons. The maximum atomic E-state index is 8.99. The standard InChI is InChI=1S/C14H19N3.2ClH/c1-12-2-4-13(5-3-12)14(6-7-15)17-10-8-16-9-11-17;;/h2-5,14,16H,6,8-11H2,1H3;2*1H/t14-;;/m0../s1. The average Bonchev–Trinajstić information content (AvgIpc) is 2.38. The molecule has 1 aromatic carbocycles. The smallest absolute Gasteiger partial charge is 0.0641 e. The lowest BCUT2D eigenvalue weighted by Gasteiger charge is -2.34. The second-order valence-electron chi connectivity index (χ2n) is 4.57. The van der Waals surface area contributed by atoms with E-state index in [-0.39, 0.29) is 30.9 Å². The predicted molar refractivity (Wildman–Crippen MR) is 83.1 cm³/mol. The molecule has 19 heavy (non-hydrogen) atoms. The third-order valence-electron chi connectivity index (χ3n) is 3.34. The molecule has 3 nitrogen and oxygen atoms in total. The summed E-state index contributed by atoms with van der Waals surface area (Å²) in [5.41, 5.74) is 2.53. The quantitative estimate of drug-likeness (QED) is 0.933. The highest BCUT2D eigenvalue weighted by atomic mass is 35.5. The summed E-state index contributed by atoms with van der Waals surface area (Å²) in [6.07, 6.45) is 0.572. The molecular formula is C14H21Cl2N3. The number of nitriles is 1. The third kappa shape index (κ3) is 5.00. The number of piperazine rings is 1. The molecule has 1 heterocycles. The molecule has 5 heteroatoms. The van der Waals surface area contributed by atoms with Crippen LogP contribution in [0.3, 0.4) is 0 Å². The monoisotopic (exact) mass is 301 g/mol. The minimum atomic E-state index is 0. The Morgan fingerprint density at radius 2 is 1.79 bits per heavy atom. The van der Waals surface area contributed by atoms with Crippen molar-refractivity contribution >= 4 is 24.8 Å². The van der Waals surface area contributed by atoms with Crippen LogP contribution < -0.4 is 5.32 Å². The van der Waals surface area contributed by atoms with Gasteiger partial charge in [-0.15, -0.1) is 24.8 Å². The molecule has 0 aromatic heterocycles. The molecule has 1 N–H and O–H groups in total. The molecule has 106 valence electrons. The zero-order valence-corrected chi connectivity index (χ0v) is 12.8. The fraction of sp³-hybridized carbons (Fsp3) is 0.500. The van der Waals surface area contributed by atoms with E-state index in [0.717, 1.165) is 26.2 Å². The number of hydrogen-bond donors (Lipinski definition) is 1. The van der Waals surface area contributed by atoms with E-state index in [0.29, 0.717) is 6.42 Å². The van der Waals surface area contributed by atoms with Gasteiger partial charge >= 0.3 is 0 Å². The van der Waals surface area contributed by atoms with E-state index in [1.807, 2.05) is 0 Å². The van der Waals surface area contributed by atoms with Crippen molar-refractivity contribution in [3.05, 3.63) is 35.4 Å². The van der Waals surface area contributed by atoms with Crippen molar-refractivity contribution in [2.75, 3.05) is 26.2 Å². The molecule has 0 unspecified atom stereocenters. The summed E-state index contributed by atoms with van der Waals surface area (Å²) >= 11 is 0. The number of hydrogen-bond acceptors (Lipinski definition) is 3. The molecule has 1 fully saturated rings. The summed E-state index contributed by atoms with van der Waals surface area (Å²) in [5.74, 6) is 0. The van der Waals surface area contributed by atoms with Gasteiger partial charge in [-0.3, -0.25) is 4.90 Å². The molecule has 0 spiro atoms. The van der Waals surface area contributed by atoms with Crippen molar-refractivity contribution in [1.82, 2.24) is 10.2 Å². The van der Waals surface area contributed by atoms with Crippen molar-refractivity contribution in [1.29, 1.82) is 5.26 Å². The Hall–Kier alpha value is -0.790. The first kappa shape index (κ1) is 18.2. The fourth-order valence-electron chi connectivity index (χ4n) is 2.33. The zero-order chi connectivity index (χ0) is 12.1. The summed E-state index contributed by atoms with van der Waals surface area (Å²) < 4.78 is 0. The Morgan fingerprint density at radius 3 is 2.32 bits per heavy atom. The van der Waals surface area contributed by atoms with Crippen LogP contribution in [0.25, 0.3) is 0 Å². The largest absolute Gasteiger partial charge is 0.314 e. The molecular weight excluding hydrogens is 281 g/mol. The predicted octanol–water partition coefficient (Wildman–Crippen LogP) is 2.70. The minimum Gasteiger partial charge on any atom is -0.314 e. The molecule has 0 aliphatic carbocycles. The van der Waals surface area contributed by atoms with Gasteiger partial charge in [-0.25, -0.2) is 0 Å². The van der Waals surface area contributed by atoms with E-state index in [4.69, 9.17) is 5.26 Å². The summed E-state index contributed by atoms with van der Waals surface area (Å²) in [5, 5.41) is 12.3. The maximum Gasteiger partial charge on any atom is 0.0641 e. The van der Waals surface area contributed by atoms with Crippen molar-refractivity contribution in [3.8, 4) is 6.07 Å². The number of aryl methyl sites for hydroxylation is 1. The van der Waals surface area contributed by atoms with Crippen LogP contribution >= 0.6 is 24.8 Å². The Kier molecular flexibility index (Phi) is 8.79. The topological polar surface area (TPSA) is 39.1 Å². The summed E-state index contributed by atoms with van der Waals surface area (Å²) in [7, 11) is 0. The van der Waals surface area contributed by atoms with Gasteiger partial charge < -0.3 is 5.32 Å². The highest BCUT2D eigenvalue weighted by molar-refractivity contribution is 5.85. The molecule has 1 aromatic rings. The Morgan fingerprint density at radius 1 is 1.21 bits per heavy atom. The SMILES string of the molecule is Cc1ccc([C@H](CC#N)N2CCNCC2)cc1.Cl.Cl. The van der Waals surface area contributed by atoms with E-state index in [1.54, 1.807) is 0 Å². The number of halogens is 2. The normalized spacial score (nSPS) is 16.6. The highest BCUT2D eigenvalue weighted by Gasteiger charge is 2.21. The van der Waals surface area contributed by atoms with Gasteiger partial charge in [0, 0.05) is 32.2 Å². The average molecular weight is 302 g/mol. The van der Waals surface area contributed by atoms with Gasteiger partial charge in [0.25, 0.3) is 0 Å². The van der Waals surface area contributed by atoms with Crippen molar-refractivity contribution in [3.63, 3.8) is 0 Å². The van der Waals surface area contributed by atoms with Crippen LogP contribution in [0.4, 0.5) is 0 Å². The molecule has 0 amide bonds. The van der Waals surface area contributed by atoms with E-state index in [9.17, 15) is 0 Å². The number of nitrogens with one attached hydrogen (secondary N) is 1. The van der Waals surface area contributed by atoms with E-state index < -0.39 is 0 Å². The first-order chi connectivity index (χ1) is 8.31. The molecule has 1 aliphatic rings. The highest BCUT2D eigenvalue weighted by Crippen LogP contribution is 2.24. The van der Waals surface area contributed by atoms with Gasteiger partial charge in [-0.05, 0) is 12.5 Å². The van der Waals surface area contributed by atoms with Crippen LogP contribution in [0.15, 0.2) is 24.3 Å². The van der Waals surface area contributed by atoms with Crippen LogP contribution in [0.1, 0.15) is 23.6 Å². The summed E-state index contributed by atoms with van der Waals surface area (Å²) in [4.78, 5) is 2.41. The van der Waals surface area contributed by atoms with Crippen molar-refractivity contribution in [2.24, 2.45) is 0 Å². The first-order valence-corrected chi connectivity index (χ1v) is 6.19. The minimum absolute atomic E-state index is 0. The van der Waals surface area contributed by atoms with Crippen LogP contribution in [-0.4, -0.2) is 31.1 Å². The van der Waals surface area contributed by atoms with Gasteiger partial charge in [0.1, 0.15) is 0 Å². The number of nitrogens with zero attached hydrogens (tertiary/aromatic N) is 2. The molecule has 0 bridgehead atoms. The van der Waals surface area contributed by atoms with E-state index in [2.05, 4.69) is 47.5 Å². The van der Waals surface area contributed by atoms with Gasteiger partial charge in [-0.2, -0.15) is 5.26 Å². The van der Waals surface area contributed by atoms with Gasteiger partial charge in [0.2, 0.25) is 0 Å². The second kappa shape index (κ2) is 9.17. The van der Waals surface area contributed by atoms with Gasteiger partial charge in [-0.1, -0.05) is 29.8 Å². The fourth-order valence-corrected chi connectivity index (χ4v) is 2.33. The second-order valence-corrected chi connectivity index (χ2v) is 4.57. The third-order valence-corrected chi connectivity index (χ3v) is 3.34. The lowest BCUT2D eigenvalue weighted by atomic mass is 10.0. The lowest BCUT2D eigenvalue weighted by molar-refractivity contribution is 0.175. The van der Waals surface area contributed by atoms with E-state index >= 15 is 0 Å². The molecule has 1 atom stereocenters. The van der Waals surface area contributed by atoms with Crippen LogP contribution in [0.2, 0.25) is 0 Å².